The number of nitrogen functional groups attached to an aromatic ring is 1. The molecular formula is C10H16N3O3S-. The summed E-state index contributed by atoms with van der Waals surface area (Å²) in [6.07, 6.45) is 0. The zero-order valence-corrected chi connectivity index (χ0v) is 10.4. The first-order chi connectivity index (χ1) is 8.09. The zero-order valence-electron chi connectivity index (χ0n) is 9.56. The van der Waals surface area contributed by atoms with E-state index < -0.39 is 11.4 Å². The van der Waals surface area contributed by atoms with Gasteiger partial charge in [-0.2, -0.15) is 0 Å². The van der Waals surface area contributed by atoms with Gasteiger partial charge < -0.3 is 15.6 Å². The van der Waals surface area contributed by atoms with Crippen LogP contribution in [0.5, 0.6) is 0 Å². The molecule has 17 heavy (non-hydrogen) atoms. The van der Waals surface area contributed by atoms with Gasteiger partial charge in [0.25, 0.3) is 0 Å². The molecule has 1 atom stereocenters. The van der Waals surface area contributed by atoms with E-state index >= 15 is 0 Å². The molecule has 0 radical (unpaired) electrons. The molecule has 0 aliphatic carbocycles. The summed E-state index contributed by atoms with van der Waals surface area (Å²) in [7, 11) is 0. The summed E-state index contributed by atoms with van der Waals surface area (Å²) in [5.41, 5.74) is 8.46. The Hall–Kier alpha value is -1.15. The second-order valence-corrected chi connectivity index (χ2v) is 4.11. The minimum atomic E-state index is -2.46. The molecule has 4 N–H and O–H groups in total. The Labute approximate surface area is 103 Å². The largest absolute Gasteiger partial charge is 0.750 e. The van der Waals surface area contributed by atoms with Crippen molar-refractivity contribution in [2.75, 3.05) is 30.9 Å². The predicted molar refractivity (Wildman–Crippen MR) is 67.0 cm³/mol. The van der Waals surface area contributed by atoms with Crippen molar-refractivity contribution in [3.63, 3.8) is 0 Å². The highest BCUT2D eigenvalue weighted by molar-refractivity contribution is 7.74. The van der Waals surface area contributed by atoms with Crippen LogP contribution in [0.15, 0.2) is 18.2 Å². The Balaban J connectivity index is 2.18. The highest BCUT2D eigenvalue weighted by Gasteiger charge is 1.95. The molecular weight excluding hydrogens is 242 g/mol. The second kappa shape index (κ2) is 7.23. The molecule has 6 nitrogen and oxygen atoms in total. The molecule has 0 amide bonds. The Morgan fingerprint density at radius 1 is 1.47 bits per heavy atom. The van der Waals surface area contributed by atoms with Crippen molar-refractivity contribution in [1.29, 1.82) is 0 Å². The first-order valence-corrected chi connectivity index (χ1v) is 6.13. The van der Waals surface area contributed by atoms with Crippen LogP contribution in [-0.2, 0) is 15.5 Å². The van der Waals surface area contributed by atoms with Crippen LogP contribution in [0, 0.1) is 6.92 Å². The number of hydrogen-bond acceptors (Lipinski definition) is 6. The van der Waals surface area contributed by atoms with Crippen molar-refractivity contribution >= 4 is 22.7 Å². The molecule has 0 spiro atoms. The summed E-state index contributed by atoms with van der Waals surface area (Å²) in [6, 6.07) is 5.69. The number of anilines is 2. The molecule has 0 saturated carbocycles. The molecule has 0 saturated heterocycles. The molecule has 96 valence electrons. The molecule has 0 aliphatic rings. The summed E-state index contributed by atoms with van der Waals surface area (Å²) in [5.74, 6) is 0. The van der Waals surface area contributed by atoms with E-state index in [1.165, 1.54) is 0 Å². The average Bonchev–Trinajstić information content (AvgIpc) is 2.27. The molecule has 0 aliphatic heterocycles. The van der Waals surface area contributed by atoms with Gasteiger partial charge in [-0.05, 0) is 30.7 Å². The van der Waals surface area contributed by atoms with Crippen molar-refractivity contribution in [2.24, 2.45) is 0 Å². The van der Waals surface area contributed by atoms with Crippen LogP contribution in [0.1, 0.15) is 5.56 Å². The van der Waals surface area contributed by atoms with Crippen LogP contribution in [0.3, 0.4) is 0 Å². The van der Waals surface area contributed by atoms with Crippen LogP contribution in [0.4, 0.5) is 11.4 Å². The van der Waals surface area contributed by atoms with Gasteiger partial charge >= 0.3 is 0 Å². The second-order valence-electron chi connectivity index (χ2n) is 3.46. The van der Waals surface area contributed by atoms with Crippen LogP contribution >= 0.6 is 0 Å². The number of benzene rings is 1. The summed E-state index contributed by atoms with van der Waals surface area (Å²) >= 11 is -2.46. The molecule has 0 fully saturated rings. The van der Waals surface area contributed by atoms with E-state index in [1.807, 2.05) is 25.1 Å². The van der Waals surface area contributed by atoms with Crippen molar-refractivity contribution in [3.8, 4) is 0 Å². The molecule has 1 rings (SSSR count). The van der Waals surface area contributed by atoms with Crippen LogP contribution in [0.2, 0.25) is 0 Å². The van der Waals surface area contributed by atoms with Crippen molar-refractivity contribution < 1.29 is 12.9 Å². The molecule has 1 unspecified atom stereocenters. The molecule has 1 aromatic rings. The van der Waals surface area contributed by atoms with Gasteiger partial charge in [0.05, 0.1) is 11.4 Å². The van der Waals surface area contributed by atoms with Gasteiger partial charge in [-0.3, -0.25) is 9.50 Å². The van der Waals surface area contributed by atoms with E-state index in [9.17, 15) is 8.76 Å². The van der Waals surface area contributed by atoms with Gasteiger partial charge in [0.1, 0.15) is 6.73 Å². The third-order valence-electron chi connectivity index (χ3n) is 2.16. The highest BCUT2D eigenvalue weighted by atomic mass is 32.2. The summed E-state index contributed by atoms with van der Waals surface area (Å²) < 4.78 is 24.4. The lowest BCUT2D eigenvalue weighted by molar-refractivity contribution is 0.276. The Bertz CT molecular complexity index is 387. The van der Waals surface area contributed by atoms with Gasteiger partial charge in [0.15, 0.2) is 0 Å². The van der Waals surface area contributed by atoms with Gasteiger partial charge in [-0.1, -0.05) is 0 Å². The van der Waals surface area contributed by atoms with E-state index in [0.29, 0.717) is 13.1 Å². The summed E-state index contributed by atoms with van der Waals surface area (Å²) in [6.45, 7) is 3.19. The first-order valence-electron chi connectivity index (χ1n) is 5.13. The minimum absolute atomic E-state index is 0.0153. The maximum absolute atomic E-state index is 10.0. The van der Waals surface area contributed by atoms with E-state index in [1.54, 1.807) is 0 Å². The number of rotatable bonds is 7. The van der Waals surface area contributed by atoms with E-state index in [0.717, 1.165) is 16.9 Å². The van der Waals surface area contributed by atoms with Crippen molar-refractivity contribution in [2.45, 2.75) is 6.92 Å². The fraction of sp³-hybridized carbons (Fsp3) is 0.400. The van der Waals surface area contributed by atoms with E-state index in [4.69, 9.17) is 5.73 Å². The quantitative estimate of drug-likeness (QED) is 0.282. The lowest BCUT2D eigenvalue weighted by Crippen LogP contribution is -2.25. The van der Waals surface area contributed by atoms with Gasteiger partial charge in [-0.15, -0.1) is 0 Å². The standard InChI is InChI=1S/C10H17N3O3S/c1-8-6-9(2-3-10(8)11)13-5-4-12-7-16-17(14)15/h2-3,6,12-13H,4-5,7,11H2,1H3,(H,14,15)/p-1. The number of nitrogens with two attached hydrogens (primary N) is 1. The smallest absolute Gasteiger partial charge is 0.113 e. The molecule has 0 heterocycles. The maximum Gasteiger partial charge on any atom is 0.113 e. The van der Waals surface area contributed by atoms with Gasteiger partial charge in [-0.25, -0.2) is 4.21 Å². The number of hydrogen-bond donors (Lipinski definition) is 3. The molecule has 1 aromatic carbocycles. The van der Waals surface area contributed by atoms with E-state index in [-0.39, 0.29) is 6.73 Å². The first kappa shape index (κ1) is 13.9. The van der Waals surface area contributed by atoms with Crippen LogP contribution < -0.4 is 16.4 Å². The molecule has 0 bridgehead atoms. The minimum Gasteiger partial charge on any atom is -0.750 e. The fourth-order valence-electron chi connectivity index (χ4n) is 1.24. The van der Waals surface area contributed by atoms with Crippen molar-refractivity contribution in [1.82, 2.24) is 5.32 Å². The topological polar surface area (TPSA) is 99.4 Å². The molecule has 0 aromatic heterocycles. The normalized spacial score (nSPS) is 12.4. The fourth-order valence-corrected chi connectivity index (χ4v) is 1.42. The Kier molecular flexibility index (Phi) is 5.92. The third-order valence-corrected chi connectivity index (χ3v) is 2.47. The number of aryl methyl sites for hydroxylation is 1. The SMILES string of the molecule is Cc1cc(NCCNCOS(=O)[O-])ccc1N. The zero-order chi connectivity index (χ0) is 12.7. The lowest BCUT2D eigenvalue weighted by atomic mass is 10.2. The monoisotopic (exact) mass is 258 g/mol. The van der Waals surface area contributed by atoms with Gasteiger partial charge in [0, 0.05) is 24.5 Å². The lowest BCUT2D eigenvalue weighted by Gasteiger charge is -2.10. The summed E-state index contributed by atoms with van der Waals surface area (Å²) in [5, 5.41) is 5.98. The molecule has 7 heteroatoms. The van der Waals surface area contributed by atoms with Crippen LogP contribution in [-0.4, -0.2) is 28.6 Å². The Morgan fingerprint density at radius 2 is 2.24 bits per heavy atom. The predicted octanol–water partition coefficient (Wildman–Crippen LogP) is 0.347. The number of nitrogens with one attached hydrogen (secondary N) is 2. The van der Waals surface area contributed by atoms with E-state index in [2.05, 4.69) is 14.8 Å². The average molecular weight is 258 g/mol. The van der Waals surface area contributed by atoms with Crippen LogP contribution in [0.25, 0.3) is 0 Å². The maximum atomic E-state index is 10.0. The highest BCUT2D eigenvalue weighted by Crippen LogP contribution is 2.15. The summed E-state index contributed by atoms with van der Waals surface area (Å²) in [4.78, 5) is 0. The third kappa shape index (κ3) is 5.64. The van der Waals surface area contributed by atoms with Gasteiger partial charge in [0.2, 0.25) is 0 Å². The Morgan fingerprint density at radius 3 is 2.88 bits per heavy atom. The van der Waals surface area contributed by atoms with Crippen molar-refractivity contribution in [3.05, 3.63) is 23.8 Å².